The van der Waals surface area contributed by atoms with E-state index in [1.807, 2.05) is 24.3 Å². The van der Waals surface area contributed by atoms with Gasteiger partial charge in [0, 0.05) is 10.6 Å². The predicted molar refractivity (Wildman–Crippen MR) is 109 cm³/mol. The summed E-state index contributed by atoms with van der Waals surface area (Å²) in [6, 6.07) is 8.02. The molecular formula is C20H22N2O2S2. The zero-order valence-corrected chi connectivity index (χ0v) is 16.6. The molecule has 0 spiro atoms. The van der Waals surface area contributed by atoms with E-state index in [1.165, 1.54) is 27.8 Å². The number of hydrogen-bond donors (Lipinski definition) is 1. The summed E-state index contributed by atoms with van der Waals surface area (Å²) in [4.78, 5) is 22.4. The van der Waals surface area contributed by atoms with Gasteiger partial charge in [0.05, 0.1) is 12.0 Å². The molecule has 136 valence electrons. The van der Waals surface area contributed by atoms with Crippen LogP contribution in [-0.4, -0.2) is 22.3 Å². The largest absolute Gasteiger partial charge is 0.493 e. The Kier molecular flexibility index (Phi) is 5.05. The van der Waals surface area contributed by atoms with Crippen LogP contribution in [0.1, 0.15) is 29.3 Å². The van der Waals surface area contributed by atoms with Crippen LogP contribution in [0.5, 0.6) is 5.75 Å². The highest BCUT2D eigenvalue weighted by Crippen LogP contribution is 2.36. The molecule has 26 heavy (non-hydrogen) atoms. The minimum absolute atomic E-state index is 0.00371. The van der Waals surface area contributed by atoms with Crippen molar-refractivity contribution in [3.05, 3.63) is 50.6 Å². The molecule has 0 radical (unpaired) electrons. The fraction of sp³-hybridized carbons (Fsp3) is 0.400. The Bertz CT molecular complexity index is 976. The summed E-state index contributed by atoms with van der Waals surface area (Å²) in [5.41, 5.74) is 2.45. The second kappa shape index (κ2) is 7.45. The van der Waals surface area contributed by atoms with Gasteiger partial charge in [-0.2, -0.15) is 0 Å². The van der Waals surface area contributed by atoms with Gasteiger partial charge in [0.1, 0.15) is 10.6 Å². The standard InChI is InChI=1S/C20H22N2O2S2/c1-12-3-6-14(7-4-12)24-9-10-25-20-21-18(23)17-15-8-5-13(2)11-16(15)26-19(17)22-20/h3-4,6-7,13H,5,8-11H2,1-2H3,(H,21,22,23). The minimum atomic E-state index is 0.00371. The molecule has 0 saturated heterocycles. The van der Waals surface area contributed by atoms with Gasteiger partial charge in [0.15, 0.2) is 5.16 Å². The first-order valence-electron chi connectivity index (χ1n) is 8.97. The molecule has 4 rings (SSSR count). The van der Waals surface area contributed by atoms with E-state index >= 15 is 0 Å². The number of rotatable bonds is 5. The molecule has 1 aliphatic rings. The lowest BCUT2D eigenvalue weighted by Crippen LogP contribution is -2.13. The van der Waals surface area contributed by atoms with Gasteiger partial charge < -0.3 is 9.72 Å². The third kappa shape index (κ3) is 3.67. The number of aryl methyl sites for hydroxylation is 2. The van der Waals surface area contributed by atoms with Gasteiger partial charge in [-0.05, 0) is 49.8 Å². The van der Waals surface area contributed by atoms with E-state index < -0.39 is 0 Å². The monoisotopic (exact) mass is 386 g/mol. The van der Waals surface area contributed by atoms with Gasteiger partial charge in [-0.3, -0.25) is 4.79 Å². The lowest BCUT2D eigenvalue weighted by atomic mass is 9.89. The summed E-state index contributed by atoms with van der Waals surface area (Å²) in [5.74, 6) is 2.31. The number of aromatic nitrogens is 2. The number of thiophene rings is 1. The van der Waals surface area contributed by atoms with Crippen LogP contribution in [0, 0.1) is 12.8 Å². The van der Waals surface area contributed by atoms with Crippen molar-refractivity contribution >= 4 is 33.3 Å². The summed E-state index contributed by atoms with van der Waals surface area (Å²) in [7, 11) is 0. The van der Waals surface area contributed by atoms with Gasteiger partial charge in [-0.15, -0.1) is 11.3 Å². The summed E-state index contributed by atoms with van der Waals surface area (Å²) < 4.78 is 5.74. The Morgan fingerprint density at radius 3 is 2.96 bits per heavy atom. The summed E-state index contributed by atoms with van der Waals surface area (Å²) >= 11 is 3.23. The summed E-state index contributed by atoms with van der Waals surface area (Å²) in [6.45, 7) is 4.91. The van der Waals surface area contributed by atoms with Crippen LogP contribution < -0.4 is 10.3 Å². The van der Waals surface area contributed by atoms with Gasteiger partial charge in [-0.25, -0.2) is 4.98 Å². The van der Waals surface area contributed by atoms with Crippen LogP contribution in [0.25, 0.3) is 10.2 Å². The van der Waals surface area contributed by atoms with Crippen LogP contribution in [0.2, 0.25) is 0 Å². The molecular weight excluding hydrogens is 364 g/mol. The molecule has 1 aromatic carbocycles. The Labute approximate surface area is 161 Å². The van der Waals surface area contributed by atoms with Crippen molar-refractivity contribution in [2.45, 2.75) is 38.3 Å². The van der Waals surface area contributed by atoms with E-state index in [-0.39, 0.29) is 5.56 Å². The SMILES string of the molecule is Cc1ccc(OCCSc2nc3sc4c(c3c(=O)[nH]2)CCC(C)C4)cc1. The molecule has 6 heteroatoms. The number of aromatic amines is 1. The average molecular weight is 387 g/mol. The van der Waals surface area contributed by atoms with E-state index in [0.29, 0.717) is 17.7 Å². The van der Waals surface area contributed by atoms with Crippen molar-refractivity contribution in [3.8, 4) is 5.75 Å². The highest BCUT2D eigenvalue weighted by atomic mass is 32.2. The molecule has 0 fully saturated rings. The zero-order valence-electron chi connectivity index (χ0n) is 15.0. The normalized spacial score (nSPS) is 16.6. The molecule has 4 nitrogen and oxygen atoms in total. The molecule has 1 N–H and O–H groups in total. The number of nitrogens with one attached hydrogen (secondary N) is 1. The number of benzene rings is 1. The van der Waals surface area contributed by atoms with Gasteiger partial charge in [0.25, 0.3) is 5.56 Å². The average Bonchev–Trinajstić information content (AvgIpc) is 2.98. The van der Waals surface area contributed by atoms with E-state index in [2.05, 4.69) is 18.8 Å². The van der Waals surface area contributed by atoms with E-state index in [0.717, 1.165) is 41.0 Å². The highest BCUT2D eigenvalue weighted by molar-refractivity contribution is 7.99. The Morgan fingerprint density at radius 1 is 1.35 bits per heavy atom. The lowest BCUT2D eigenvalue weighted by molar-refractivity contribution is 0.344. The molecule has 0 amide bonds. The molecule has 1 atom stereocenters. The lowest BCUT2D eigenvalue weighted by Gasteiger charge is -2.17. The molecule has 0 bridgehead atoms. The number of nitrogens with zero attached hydrogens (tertiary/aromatic N) is 1. The maximum absolute atomic E-state index is 12.6. The van der Waals surface area contributed by atoms with Gasteiger partial charge in [0.2, 0.25) is 0 Å². The summed E-state index contributed by atoms with van der Waals surface area (Å²) in [5, 5.41) is 1.50. The van der Waals surface area contributed by atoms with Gasteiger partial charge in [-0.1, -0.05) is 36.4 Å². The van der Waals surface area contributed by atoms with Crippen LogP contribution in [-0.2, 0) is 12.8 Å². The van der Waals surface area contributed by atoms with E-state index in [1.54, 1.807) is 11.3 Å². The zero-order chi connectivity index (χ0) is 18.1. The maximum Gasteiger partial charge on any atom is 0.260 e. The van der Waals surface area contributed by atoms with Crippen molar-refractivity contribution in [3.63, 3.8) is 0 Å². The second-order valence-electron chi connectivity index (χ2n) is 6.91. The van der Waals surface area contributed by atoms with Crippen LogP contribution in [0.15, 0.2) is 34.2 Å². The maximum atomic E-state index is 12.6. The number of fused-ring (bicyclic) bond motifs is 3. The summed E-state index contributed by atoms with van der Waals surface area (Å²) in [6.07, 6.45) is 3.23. The van der Waals surface area contributed by atoms with Crippen molar-refractivity contribution < 1.29 is 4.74 Å². The fourth-order valence-electron chi connectivity index (χ4n) is 3.33. The van der Waals surface area contributed by atoms with Crippen molar-refractivity contribution in [1.29, 1.82) is 0 Å². The predicted octanol–water partition coefficient (Wildman–Crippen LogP) is 4.59. The molecule has 1 aliphatic carbocycles. The molecule has 3 aromatic rings. The molecule has 2 aromatic heterocycles. The number of thioether (sulfide) groups is 1. The molecule has 0 aliphatic heterocycles. The molecule has 2 heterocycles. The van der Waals surface area contributed by atoms with Crippen LogP contribution >= 0.6 is 23.1 Å². The van der Waals surface area contributed by atoms with E-state index in [9.17, 15) is 4.79 Å². The second-order valence-corrected chi connectivity index (χ2v) is 9.08. The molecule has 1 unspecified atom stereocenters. The van der Waals surface area contributed by atoms with Crippen LogP contribution in [0.4, 0.5) is 0 Å². The topological polar surface area (TPSA) is 55.0 Å². The first-order valence-corrected chi connectivity index (χ1v) is 10.8. The van der Waals surface area contributed by atoms with Crippen molar-refractivity contribution in [2.24, 2.45) is 5.92 Å². The van der Waals surface area contributed by atoms with Gasteiger partial charge >= 0.3 is 0 Å². The smallest absolute Gasteiger partial charge is 0.260 e. The Balaban J connectivity index is 1.44. The van der Waals surface area contributed by atoms with Crippen LogP contribution in [0.3, 0.4) is 0 Å². The highest BCUT2D eigenvalue weighted by Gasteiger charge is 2.23. The quantitative estimate of drug-likeness (QED) is 0.396. The van der Waals surface area contributed by atoms with Crippen molar-refractivity contribution in [2.75, 3.05) is 12.4 Å². The Morgan fingerprint density at radius 2 is 2.15 bits per heavy atom. The number of ether oxygens (including phenoxy) is 1. The minimum Gasteiger partial charge on any atom is -0.493 e. The molecule has 0 saturated carbocycles. The van der Waals surface area contributed by atoms with E-state index in [4.69, 9.17) is 9.72 Å². The number of hydrogen-bond acceptors (Lipinski definition) is 5. The first-order chi connectivity index (χ1) is 12.6. The number of H-pyrrole nitrogens is 1. The van der Waals surface area contributed by atoms with Crippen molar-refractivity contribution in [1.82, 2.24) is 9.97 Å². The third-order valence-corrected chi connectivity index (χ3v) is 6.74. The fourth-order valence-corrected chi connectivity index (χ4v) is 5.45. The Hall–Kier alpha value is -1.79. The third-order valence-electron chi connectivity index (χ3n) is 4.76. The first kappa shape index (κ1) is 17.6.